The van der Waals surface area contributed by atoms with Crippen molar-refractivity contribution in [3.63, 3.8) is 0 Å². The first-order chi connectivity index (χ1) is 13.7. The highest BCUT2D eigenvalue weighted by atomic mass is 16.6. The molecule has 0 saturated heterocycles. The lowest BCUT2D eigenvalue weighted by atomic mass is 10.1. The van der Waals surface area contributed by atoms with E-state index in [9.17, 15) is 4.79 Å². The number of benzene rings is 1. The van der Waals surface area contributed by atoms with Crippen molar-refractivity contribution in [1.82, 2.24) is 9.97 Å². The molecule has 0 aliphatic carbocycles. The van der Waals surface area contributed by atoms with Crippen molar-refractivity contribution < 1.29 is 14.3 Å². The molecule has 0 fully saturated rings. The van der Waals surface area contributed by atoms with Crippen LogP contribution in [0, 0.1) is 0 Å². The Morgan fingerprint density at radius 3 is 3.07 bits per heavy atom. The van der Waals surface area contributed by atoms with E-state index >= 15 is 0 Å². The van der Waals surface area contributed by atoms with E-state index in [1.807, 2.05) is 31.3 Å². The number of anilines is 2. The number of rotatable bonds is 5. The summed E-state index contributed by atoms with van der Waals surface area (Å²) in [6, 6.07) is 5.61. The molecule has 0 unspecified atom stereocenters. The number of hydrogen-bond donors (Lipinski definition) is 4. The van der Waals surface area contributed by atoms with Crippen LogP contribution in [0.4, 0.5) is 16.2 Å². The number of aromatic amines is 1. The fraction of sp³-hybridized carbons (Fsp3) is 0.500. The molecule has 1 aromatic carbocycles. The number of imidazole rings is 1. The van der Waals surface area contributed by atoms with Crippen LogP contribution in [0.2, 0.25) is 0 Å². The quantitative estimate of drug-likeness (QED) is 0.582. The minimum absolute atomic E-state index is 0.0722. The van der Waals surface area contributed by atoms with Gasteiger partial charge in [-0.05, 0) is 38.0 Å². The second-order valence-corrected chi connectivity index (χ2v) is 6.77. The summed E-state index contributed by atoms with van der Waals surface area (Å²) in [7, 11) is 0. The Morgan fingerprint density at radius 1 is 1.32 bits per heavy atom. The summed E-state index contributed by atoms with van der Waals surface area (Å²) in [5.41, 5.74) is 9.61. The Balaban J connectivity index is 1.75. The van der Waals surface area contributed by atoms with E-state index in [1.165, 1.54) is 0 Å². The zero-order valence-corrected chi connectivity index (χ0v) is 16.3. The van der Waals surface area contributed by atoms with Crippen molar-refractivity contribution in [3.05, 3.63) is 30.2 Å². The van der Waals surface area contributed by atoms with Crippen LogP contribution >= 0.6 is 0 Å². The number of carbonyl (C=O) groups is 1. The zero-order valence-electron chi connectivity index (χ0n) is 16.3. The van der Waals surface area contributed by atoms with Gasteiger partial charge in [-0.15, -0.1) is 0 Å². The predicted molar refractivity (Wildman–Crippen MR) is 109 cm³/mol. The molecule has 2 bridgehead atoms. The molecule has 8 heteroatoms. The highest BCUT2D eigenvalue weighted by Crippen LogP contribution is 2.31. The minimum Gasteiger partial charge on any atom is -0.447 e. The zero-order chi connectivity index (χ0) is 19.8. The first-order valence-electron chi connectivity index (χ1n) is 9.88. The molecule has 152 valence electrons. The molecule has 1 amide bonds. The van der Waals surface area contributed by atoms with Gasteiger partial charge >= 0.3 is 6.09 Å². The van der Waals surface area contributed by atoms with Crippen molar-refractivity contribution in [2.45, 2.75) is 38.6 Å². The van der Waals surface area contributed by atoms with Crippen LogP contribution in [0.1, 0.15) is 44.5 Å². The van der Waals surface area contributed by atoms with Gasteiger partial charge in [-0.2, -0.15) is 0 Å². The molecule has 0 spiro atoms. The van der Waals surface area contributed by atoms with Crippen LogP contribution in [0.5, 0.6) is 0 Å². The number of hydrogen-bond acceptors (Lipinski definition) is 6. The average Bonchev–Trinajstić information content (AvgIpc) is 3.17. The maximum atomic E-state index is 11.9. The van der Waals surface area contributed by atoms with Gasteiger partial charge in [0, 0.05) is 36.3 Å². The third-order valence-electron chi connectivity index (χ3n) is 4.66. The van der Waals surface area contributed by atoms with Gasteiger partial charge in [0.2, 0.25) is 0 Å². The van der Waals surface area contributed by atoms with Crippen molar-refractivity contribution >= 4 is 17.5 Å². The number of amides is 1. The minimum atomic E-state index is -0.499. The van der Waals surface area contributed by atoms with Crippen LogP contribution in [0.15, 0.2) is 24.4 Å². The smallest absolute Gasteiger partial charge is 0.411 e. The molecule has 2 aromatic rings. The summed E-state index contributed by atoms with van der Waals surface area (Å²) in [5.74, 6) is 0.807. The molecule has 5 N–H and O–H groups in total. The van der Waals surface area contributed by atoms with Gasteiger partial charge in [0.05, 0.1) is 18.3 Å². The van der Waals surface area contributed by atoms with Crippen LogP contribution in [0.3, 0.4) is 0 Å². The highest BCUT2D eigenvalue weighted by molar-refractivity contribution is 5.88. The van der Waals surface area contributed by atoms with Gasteiger partial charge in [0.15, 0.2) is 0 Å². The van der Waals surface area contributed by atoms with Gasteiger partial charge < -0.3 is 25.5 Å². The van der Waals surface area contributed by atoms with E-state index in [0.717, 1.165) is 55.0 Å². The number of aromatic nitrogens is 2. The maximum Gasteiger partial charge on any atom is 0.411 e. The normalized spacial score (nSPS) is 16.9. The molecule has 2 heterocycles. The van der Waals surface area contributed by atoms with Crippen LogP contribution in [0.25, 0.3) is 11.3 Å². The van der Waals surface area contributed by atoms with Crippen molar-refractivity contribution in [2.24, 2.45) is 5.73 Å². The van der Waals surface area contributed by atoms with Gasteiger partial charge in [0.25, 0.3) is 0 Å². The van der Waals surface area contributed by atoms with Crippen LogP contribution in [-0.4, -0.2) is 42.4 Å². The summed E-state index contributed by atoms with van der Waals surface area (Å²) >= 11 is 0. The maximum absolute atomic E-state index is 11.9. The first kappa shape index (κ1) is 20.2. The number of fused-ring (bicyclic) bond motifs is 4. The number of nitrogens with one attached hydrogen (secondary N) is 3. The molecule has 1 aliphatic rings. The van der Waals surface area contributed by atoms with Gasteiger partial charge in [-0.3, -0.25) is 5.32 Å². The van der Waals surface area contributed by atoms with E-state index in [0.29, 0.717) is 18.9 Å². The van der Waals surface area contributed by atoms with Gasteiger partial charge in [-0.1, -0.05) is 12.8 Å². The standard InChI is InChI=1S/C20H29N5O3/c1-2-27-10-11-28-20(26)24-14-7-8-15-17(12-14)22-9-5-3-4-6-16(21)19-23-13-18(15)25-19/h7-8,12-13,16,22H,2-6,9-11,21H2,1H3,(H,23,25)(H,24,26)/t16-/m0/s1. The largest absolute Gasteiger partial charge is 0.447 e. The average molecular weight is 387 g/mol. The molecular formula is C20H29N5O3. The number of ether oxygens (including phenoxy) is 2. The SMILES string of the molecule is CCOCCOC(=O)Nc1ccc2c(c1)NCCCCC[C@H](N)c1nc-2c[nH]1. The first-order valence-corrected chi connectivity index (χ1v) is 9.88. The topological polar surface area (TPSA) is 114 Å². The second kappa shape index (κ2) is 10.1. The molecule has 1 aliphatic heterocycles. The van der Waals surface area contributed by atoms with E-state index in [1.54, 1.807) is 0 Å². The lowest BCUT2D eigenvalue weighted by Crippen LogP contribution is -2.17. The Labute approximate surface area is 165 Å². The molecule has 1 atom stereocenters. The third-order valence-corrected chi connectivity index (χ3v) is 4.66. The number of H-pyrrole nitrogens is 1. The van der Waals surface area contributed by atoms with E-state index in [-0.39, 0.29) is 12.6 Å². The summed E-state index contributed by atoms with van der Waals surface area (Å²) in [6.45, 7) is 3.95. The molecule has 1 aromatic heterocycles. The Kier molecular flexibility index (Phi) is 7.27. The summed E-state index contributed by atoms with van der Waals surface area (Å²) < 4.78 is 10.3. The van der Waals surface area contributed by atoms with Gasteiger partial charge in [-0.25, -0.2) is 9.78 Å². The lowest BCUT2D eigenvalue weighted by molar-refractivity contribution is 0.0850. The molecule has 3 rings (SSSR count). The van der Waals surface area contributed by atoms with Crippen molar-refractivity contribution in [2.75, 3.05) is 37.0 Å². The van der Waals surface area contributed by atoms with Crippen molar-refractivity contribution in [1.29, 1.82) is 0 Å². The molecule has 8 nitrogen and oxygen atoms in total. The molecular weight excluding hydrogens is 358 g/mol. The highest BCUT2D eigenvalue weighted by Gasteiger charge is 2.15. The van der Waals surface area contributed by atoms with E-state index in [4.69, 9.17) is 15.2 Å². The molecule has 0 radical (unpaired) electrons. The van der Waals surface area contributed by atoms with Crippen LogP contribution in [-0.2, 0) is 9.47 Å². The van der Waals surface area contributed by atoms with E-state index < -0.39 is 6.09 Å². The monoisotopic (exact) mass is 387 g/mol. The van der Waals surface area contributed by atoms with Crippen molar-refractivity contribution in [3.8, 4) is 11.3 Å². The number of carbonyl (C=O) groups excluding carboxylic acids is 1. The number of nitrogens with zero attached hydrogens (tertiary/aromatic N) is 1. The Bertz CT molecular complexity index is 777. The number of nitrogens with two attached hydrogens (primary N) is 1. The second-order valence-electron chi connectivity index (χ2n) is 6.77. The van der Waals surface area contributed by atoms with Crippen LogP contribution < -0.4 is 16.4 Å². The predicted octanol–water partition coefficient (Wildman–Crippen LogP) is 3.65. The lowest BCUT2D eigenvalue weighted by Gasteiger charge is -2.15. The fourth-order valence-electron chi connectivity index (χ4n) is 3.17. The summed E-state index contributed by atoms with van der Waals surface area (Å²) in [6.07, 6.45) is 5.54. The Morgan fingerprint density at radius 2 is 2.21 bits per heavy atom. The van der Waals surface area contributed by atoms with Gasteiger partial charge in [0.1, 0.15) is 12.4 Å². The fourth-order valence-corrected chi connectivity index (χ4v) is 3.17. The Hall–Kier alpha value is -2.58. The molecule has 0 saturated carbocycles. The summed E-state index contributed by atoms with van der Waals surface area (Å²) in [4.78, 5) is 19.8. The van der Waals surface area contributed by atoms with E-state index in [2.05, 4.69) is 20.6 Å². The molecule has 28 heavy (non-hydrogen) atoms. The summed E-state index contributed by atoms with van der Waals surface area (Å²) in [5, 5.41) is 6.23. The third kappa shape index (κ3) is 5.46.